The van der Waals surface area contributed by atoms with Gasteiger partial charge in [0.15, 0.2) is 0 Å². The summed E-state index contributed by atoms with van der Waals surface area (Å²) in [4.78, 5) is 0. The molecule has 2 rings (SSSR count). The molecule has 2 aromatic rings. The summed E-state index contributed by atoms with van der Waals surface area (Å²) in [6, 6.07) is 12.5. The van der Waals surface area contributed by atoms with Crippen molar-refractivity contribution in [2.75, 3.05) is 6.61 Å². The lowest BCUT2D eigenvalue weighted by Gasteiger charge is -2.17. The monoisotopic (exact) mass is 266 g/mol. The predicted octanol–water partition coefficient (Wildman–Crippen LogP) is 3.35. The SMILES string of the molecule is CCOP(c1ccc(F)cc1)c1ccc(F)cc1. The van der Waals surface area contributed by atoms with Gasteiger partial charge in [0.25, 0.3) is 0 Å². The second-order valence-corrected chi connectivity index (χ2v) is 5.54. The average Bonchev–Trinajstić information content (AvgIpc) is 2.39. The van der Waals surface area contributed by atoms with Crippen LogP contribution in [0.2, 0.25) is 0 Å². The van der Waals surface area contributed by atoms with Gasteiger partial charge in [-0.2, -0.15) is 0 Å². The Morgan fingerprint density at radius 3 is 1.56 bits per heavy atom. The van der Waals surface area contributed by atoms with Gasteiger partial charge in [-0.3, -0.25) is 0 Å². The Balaban J connectivity index is 2.33. The smallest absolute Gasteiger partial charge is 0.123 e. The Labute approximate surface area is 106 Å². The normalized spacial score (nSPS) is 10.9. The van der Waals surface area contributed by atoms with Crippen LogP contribution in [0.5, 0.6) is 0 Å². The molecule has 0 spiro atoms. The summed E-state index contributed by atoms with van der Waals surface area (Å²) in [5.41, 5.74) is 0. The van der Waals surface area contributed by atoms with E-state index in [1.165, 1.54) is 24.3 Å². The highest BCUT2D eigenvalue weighted by atomic mass is 31.1. The van der Waals surface area contributed by atoms with Gasteiger partial charge < -0.3 is 4.52 Å². The van der Waals surface area contributed by atoms with Crippen molar-refractivity contribution in [2.45, 2.75) is 6.92 Å². The first kappa shape index (κ1) is 13.1. The maximum absolute atomic E-state index is 12.9. The summed E-state index contributed by atoms with van der Waals surface area (Å²) in [6.07, 6.45) is 0. The third-order valence-electron chi connectivity index (χ3n) is 2.38. The zero-order chi connectivity index (χ0) is 13.0. The number of rotatable bonds is 4. The molecule has 4 heteroatoms. The average molecular weight is 266 g/mol. The maximum atomic E-state index is 12.9. The van der Waals surface area contributed by atoms with E-state index in [2.05, 4.69) is 0 Å². The van der Waals surface area contributed by atoms with E-state index in [-0.39, 0.29) is 11.6 Å². The Kier molecular flexibility index (Phi) is 4.40. The summed E-state index contributed by atoms with van der Waals surface area (Å²) in [5.74, 6) is -0.548. The molecule has 1 nitrogen and oxygen atoms in total. The number of benzene rings is 2. The van der Waals surface area contributed by atoms with Crippen LogP contribution in [0.1, 0.15) is 6.92 Å². The second-order valence-electron chi connectivity index (χ2n) is 3.66. The summed E-state index contributed by atoms with van der Waals surface area (Å²) in [6.45, 7) is 2.46. The molecule has 0 saturated carbocycles. The molecule has 0 bridgehead atoms. The third kappa shape index (κ3) is 3.12. The second kappa shape index (κ2) is 6.03. The lowest BCUT2D eigenvalue weighted by Crippen LogP contribution is -2.14. The standard InChI is InChI=1S/C14H13F2OP/c1-2-17-18(13-7-3-11(15)4-8-13)14-9-5-12(16)6-10-14/h3-10H,2H2,1H3. The molecule has 0 unspecified atom stereocenters. The molecule has 0 aliphatic rings. The largest absolute Gasteiger partial charge is 0.350 e. The minimum atomic E-state index is -1.01. The topological polar surface area (TPSA) is 9.23 Å². The molecule has 18 heavy (non-hydrogen) atoms. The number of halogens is 2. The van der Waals surface area contributed by atoms with Crippen LogP contribution >= 0.6 is 8.15 Å². The quantitative estimate of drug-likeness (QED) is 0.771. The van der Waals surface area contributed by atoms with Crippen LogP contribution in [0, 0.1) is 11.6 Å². The van der Waals surface area contributed by atoms with Gasteiger partial charge in [0.2, 0.25) is 0 Å². The fourth-order valence-corrected chi connectivity index (χ4v) is 3.27. The van der Waals surface area contributed by atoms with Crippen LogP contribution in [0.3, 0.4) is 0 Å². The molecule has 0 radical (unpaired) electrons. The molecule has 0 aliphatic carbocycles. The number of hydrogen-bond donors (Lipinski definition) is 0. The van der Waals surface area contributed by atoms with E-state index in [4.69, 9.17) is 4.52 Å². The first-order chi connectivity index (χ1) is 8.70. The highest BCUT2D eigenvalue weighted by Gasteiger charge is 2.14. The predicted molar refractivity (Wildman–Crippen MR) is 70.6 cm³/mol. The molecular formula is C14H13F2OP. The zero-order valence-corrected chi connectivity index (χ0v) is 10.8. The summed E-state index contributed by atoms with van der Waals surface area (Å²) in [7, 11) is -1.01. The Bertz CT molecular complexity index is 451. The van der Waals surface area contributed by atoms with E-state index in [1.807, 2.05) is 6.92 Å². The lowest BCUT2D eigenvalue weighted by molar-refractivity contribution is 0.388. The fourth-order valence-electron chi connectivity index (χ4n) is 1.58. The summed E-state index contributed by atoms with van der Waals surface area (Å²) < 4.78 is 31.5. The van der Waals surface area contributed by atoms with Gasteiger partial charge in [-0.25, -0.2) is 8.78 Å². The molecule has 94 valence electrons. The van der Waals surface area contributed by atoms with E-state index < -0.39 is 8.15 Å². The lowest BCUT2D eigenvalue weighted by atomic mass is 10.3. The van der Waals surface area contributed by atoms with Crippen molar-refractivity contribution in [2.24, 2.45) is 0 Å². The first-order valence-corrected chi connectivity index (χ1v) is 6.91. The van der Waals surface area contributed by atoms with Gasteiger partial charge in [-0.1, -0.05) is 0 Å². The van der Waals surface area contributed by atoms with E-state index in [1.54, 1.807) is 24.3 Å². The summed E-state index contributed by atoms with van der Waals surface area (Å²) in [5, 5.41) is 1.83. The van der Waals surface area contributed by atoms with Crippen LogP contribution in [-0.2, 0) is 4.52 Å². The zero-order valence-electron chi connectivity index (χ0n) is 9.94. The van der Waals surface area contributed by atoms with Gasteiger partial charge in [-0.05, 0) is 55.5 Å². The first-order valence-electron chi connectivity index (χ1n) is 5.65. The molecule has 0 aliphatic heterocycles. The van der Waals surface area contributed by atoms with Crippen molar-refractivity contribution in [3.05, 3.63) is 60.2 Å². The van der Waals surface area contributed by atoms with Gasteiger partial charge >= 0.3 is 0 Å². The Hall–Kier alpha value is -1.31. The van der Waals surface area contributed by atoms with Gasteiger partial charge in [0.05, 0.1) is 8.15 Å². The molecular weight excluding hydrogens is 253 g/mol. The van der Waals surface area contributed by atoms with Crippen molar-refractivity contribution in [3.63, 3.8) is 0 Å². The van der Waals surface area contributed by atoms with Crippen LogP contribution < -0.4 is 10.6 Å². The Morgan fingerprint density at radius 2 is 1.22 bits per heavy atom. The van der Waals surface area contributed by atoms with E-state index >= 15 is 0 Å². The van der Waals surface area contributed by atoms with Crippen LogP contribution in [0.15, 0.2) is 48.5 Å². The molecule has 0 saturated heterocycles. The van der Waals surface area contributed by atoms with Crippen LogP contribution in [0.25, 0.3) is 0 Å². The molecule has 0 amide bonds. The van der Waals surface area contributed by atoms with Gasteiger partial charge in [0.1, 0.15) is 11.6 Å². The fraction of sp³-hybridized carbons (Fsp3) is 0.143. The highest BCUT2D eigenvalue weighted by molar-refractivity contribution is 7.68. The number of hydrogen-bond acceptors (Lipinski definition) is 1. The van der Waals surface area contributed by atoms with E-state index in [0.29, 0.717) is 6.61 Å². The molecule has 0 heterocycles. The van der Waals surface area contributed by atoms with Crippen molar-refractivity contribution in [3.8, 4) is 0 Å². The van der Waals surface area contributed by atoms with Crippen LogP contribution in [-0.4, -0.2) is 6.61 Å². The maximum Gasteiger partial charge on any atom is 0.123 e. The molecule has 0 atom stereocenters. The third-order valence-corrected chi connectivity index (χ3v) is 4.43. The molecule has 2 aromatic carbocycles. The van der Waals surface area contributed by atoms with Crippen molar-refractivity contribution < 1.29 is 13.3 Å². The minimum Gasteiger partial charge on any atom is -0.350 e. The van der Waals surface area contributed by atoms with E-state index in [9.17, 15) is 8.78 Å². The van der Waals surface area contributed by atoms with Gasteiger partial charge in [-0.15, -0.1) is 0 Å². The molecule has 0 fully saturated rings. The van der Waals surface area contributed by atoms with Crippen LogP contribution in [0.4, 0.5) is 8.78 Å². The van der Waals surface area contributed by atoms with E-state index in [0.717, 1.165) is 10.6 Å². The highest BCUT2D eigenvalue weighted by Crippen LogP contribution is 2.34. The van der Waals surface area contributed by atoms with Crippen molar-refractivity contribution >= 4 is 18.8 Å². The molecule has 0 aromatic heterocycles. The summed E-state index contributed by atoms with van der Waals surface area (Å²) >= 11 is 0. The van der Waals surface area contributed by atoms with Gasteiger partial charge in [0, 0.05) is 17.2 Å². The Morgan fingerprint density at radius 1 is 0.833 bits per heavy atom. The minimum absolute atomic E-state index is 0.274. The van der Waals surface area contributed by atoms with Crippen molar-refractivity contribution in [1.29, 1.82) is 0 Å². The molecule has 0 N–H and O–H groups in total. The van der Waals surface area contributed by atoms with Crippen molar-refractivity contribution in [1.82, 2.24) is 0 Å².